The average Bonchev–Trinajstić information content (AvgIpc) is 3.01. The third kappa shape index (κ3) is 3.19. The minimum Gasteiger partial charge on any atom is -0.437 e. The van der Waals surface area contributed by atoms with Crippen LogP contribution in [0.4, 0.5) is 4.39 Å². The number of imidazole rings is 1. The SMILES string of the molecule is Fc1ccc(Oc2nc3ccccn3c2CNCC23CC(CCO2)C3)cc1. The molecule has 140 valence electrons. The van der Waals surface area contributed by atoms with Crippen LogP contribution in [-0.2, 0) is 11.3 Å². The first kappa shape index (κ1) is 16.7. The lowest BCUT2D eigenvalue weighted by Gasteiger charge is -2.52. The van der Waals surface area contributed by atoms with Gasteiger partial charge in [-0.25, -0.2) is 4.39 Å². The van der Waals surface area contributed by atoms with E-state index >= 15 is 0 Å². The molecule has 2 aromatic heterocycles. The number of nitrogens with one attached hydrogen (secondary N) is 1. The van der Waals surface area contributed by atoms with E-state index in [0.29, 0.717) is 18.2 Å². The van der Waals surface area contributed by atoms with E-state index in [4.69, 9.17) is 9.47 Å². The summed E-state index contributed by atoms with van der Waals surface area (Å²) in [6.45, 7) is 2.33. The summed E-state index contributed by atoms with van der Waals surface area (Å²) in [4.78, 5) is 4.60. The van der Waals surface area contributed by atoms with Crippen LogP contribution in [0, 0.1) is 11.7 Å². The lowest BCUT2D eigenvalue weighted by Crippen LogP contribution is -2.56. The van der Waals surface area contributed by atoms with Crippen molar-refractivity contribution in [2.24, 2.45) is 5.92 Å². The topological polar surface area (TPSA) is 47.8 Å². The Labute approximate surface area is 157 Å². The van der Waals surface area contributed by atoms with Gasteiger partial charge in [0.15, 0.2) is 0 Å². The average molecular weight is 367 g/mol. The predicted molar refractivity (Wildman–Crippen MR) is 99.4 cm³/mol. The highest BCUT2D eigenvalue weighted by atomic mass is 19.1. The number of rotatable bonds is 6. The maximum Gasteiger partial charge on any atom is 0.242 e. The third-order valence-electron chi connectivity index (χ3n) is 5.62. The summed E-state index contributed by atoms with van der Waals surface area (Å²) >= 11 is 0. The van der Waals surface area contributed by atoms with Crippen molar-refractivity contribution in [3.8, 4) is 11.6 Å². The second kappa shape index (κ2) is 6.62. The number of benzene rings is 1. The minimum atomic E-state index is -0.287. The molecule has 6 rings (SSSR count). The van der Waals surface area contributed by atoms with Crippen molar-refractivity contribution in [2.75, 3.05) is 13.2 Å². The van der Waals surface area contributed by atoms with Crippen LogP contribution in [0.25, 0.3) is 5.65 Å². The van der Waals surface area contributed by atoms with Gasteiger partial charge in [0.1, 0.15) is 22.9 Å². The first-order valence-electron chi connectivity index (χ1n) is 9.45. The summed E-state index contributed by atoms with van der Waals surface area (Å²) in [6, 6.07) is 11.9. The Hall–Kier alpha value is -2.44. The smallest absolute Gasteiger partial charge is 0.242 e. The second-order valence-corrected chi connectivity index (χ2v) is 7.55. The first-order chi connectivity index (χ1) is 13.2. The van der Waals surface area contributed by atoms with Crippen molar-refractivity contribution < 1.29 is 13.9 Å². The van der Waals surface area contributed by atoms with Crippen LogP contribution in [0.15, 0.2) is 48.7 Å². The molecule has 0 unspecified atom stereocenters. The number of hydrogen-bond donors (Lipinski definition) is 1. The summed E-state index contributed by atoms with van der Waals surface area (Å²) in [5.41, 5.74) is 1.78. The van der Waals surface area contributed by atoms with Gasteiger partial charge >= 0.3 is 0 Å². The molecule has 0 spiro atoms. The zero-order chi connectivity index (χ0) is 18.3. The summed E-state index contributed by atoms with van der Waals surface area (Å²) in [5.74, 6) is 1.66. The highest BCUT2D eigenvalue weighted by molar-refractivity contribution is 5.46. The summed E-state index contributed by atoms with van der Waals surface area (Å²) < 4.78 is 27.2. The van der Waals surface area contributed by atoms with E-state index in [2.05, 4.69) is 10.3 Å². The van der Waals surface area contributed by atoms with Crippen molar-refractivity contribution >= 4 is 5.65 Å². The van der Waals surface area contributed by atoms with Crippen LogP contribution in [0.3, 0.4) is 0 Å². The van der Waals surface area contributed by atoms with Crippen molar-refractivity contribution in [3.63, 3.8) is 0 Å². The van der Waals surface area contributed by atoms with Crippen LogP contribution in [0.2, 0.25) is 0 Å². The lowest BCUT2D eigenvalue weighted by atomic mass is 9.67. The summed E-state index contributed by atoms with van der Waals surface area (Å²) in [5, 5.41) is 3.54. The molecule has 2 bridgehead atoms. The predicted octanol–water partition coefficient (Wildman–Crippen LogP) is 3.92. The van der Waals surface area contributed by atoms with Crippen molar-refractivity contribution in [3.05, 3.63) is 60.2 Å². The maximum atomic E-state index is 13.2. The molecule has 3 aliphatic rings. The van der Waals surface area contributed by atoms with Crippen molar-refractivity contribution in [1.29, 1.82) is 0 Å². The van der Waals surface area contributed by atoms with Crippen molar-refractivity contribution in [2.45, 2.75) is 31.4 Å². The fourth-order valence-electron chi connectivity index (χ4n) is 4.24. The number of aromatic nitrogens is 2. The van der Waals surface area contributed by atoms with Gasteiger partial charge in [0.05, 0.1) is 5.60 Å². The molecule has 5 nitrogen and oxygen atoms in total. The van der Waals surface area contributed by atoms with Crippen LogP contribution in [0.5, 0.6) is 11.6 Å². The Morgan fingerprint density at radius 1 is 1.22 bits per heavy atom. The molecule has 1 aromatic carbocycles. The molecule has 3 aromatic rings. The number of nitrogens with zero attached hydrogens (tertiary/aromatic N) is 2. The lowest BCUT2D eigenvalue weighted by molar-refractivity contribution is -0.174. The molecule has 0 amide bonds. The van der Waals surface area contributed by atoms with Gasteiger partial charge in [-0.05, 0) is 61.6 Å². The van der Waals surface area contributed by atoms with E-state index in [1.807, 2.05) is 28.8 Å². The standard InChI is InChI=1S/C21H22FN3O2/c22-16-4-6-17(7-5-16)27-20-18(25-9-2-1-3-19(25)24-20)13-23-14-21-11-15(12-21)8-10-26-21/h1-7,9,15,23H,8,10-14H2. The van der Waals surface area contributed by atoms with E-state index in [0.717, 1.165) is 43.3 Å². The molecule has 27 heavy (non-hydrogen) atoms. The van der Waals surface area contributed by atoms with Gasteiger partial charge < -0.3 is 14.8 Å². The molecule has 1 saturated carbocycles. The Bertz CT molecular complexity index is 942. The molecule has 0 atom stereocenters. The maximum absolute atomic E-state index is 13.2. The number of hydrogen-bond acceptors (Lipinski definition) is 4. The van der Waals surface area contributed by atoms with Gasteiger partial charge in [0, 0.05) is 25.9 Å². The Balaban J connectivity index is 1.35. The molecular weight excluding hydrogens is 345 g/mol. The Morgan fingerprint density at radius 3 is 2.85 bits per heavy atom. The monoisotopic (exact) mass is 367 g/mol. The first-order valence-corrected chi connectivity index (χ1v) is 9.45. The highest BCUT2D eigenvalue weighted by Gasteiger charge is 2.47. The second-order valence-electron chi connectivity index (χ2n) is 7.55. The number of halogens is 1. The van der Waals surface area contributed by atoms with Crippen LogP contribution in [-0.4, -0.2) is 28.1 Å². The molecular formula is C21H22FN3O2. The quantitative estimate of drug-likeness (QED) is 0.717. The Morgan fingerprint density at radius 2 is 2.07 bits per heavy atom. The third-order valence-corrected chi connectivity index (χ3v) is 5.62. The van der Waals surface area contributed by atoms with Gasteiger partial charge in [0.25, 0.3) is 0 Å². The largest absolute Gasteiger partial charge is 0.437 e. The molecule has 2 aliphatic heterocycles. The van der Waals surface area contributed by atoms with Gasteiger partial charge in [-0.2, -0.15) is 4.98 Å². The van der Waals surface area contributed by atoms with E-state index in [1.165, 1.54) is 18.6 Å². The number of pyridine rings is 1. The van der Waals surface area contributed by atoms with Crippen LogP contribution in [0.1, 0.15) is 25.0 Å². The molecule has 0 radical (unpaired) electrons. The zero-order valence-electron chi connectivity index (χ0n) is 15.0. The zero-order valence-corrected chi connectivity index (χ0v) is 15.0. The van der Waals surface area contributed by atoms with Gasteiger partial charge in [-0.3, -0.25) is 4.40 Å². The van der Waals surface area contributed by atoms with E-state index < -0.39 is 0 Å². The van der Waals surface area contributed by atoms with Gasteiger partial charge in [-0.1, -0.05) is 6.07 Å². The van der Waals surface area contributed by atoms with Crippen LogP contribution >= 0.6 is 0 Å². The van der Waals surface area contributed by atoms with Crippen LogP contribution < -0.4 is 10.1 Å². The summed E-state index contributed by atoms with van der Waals surface area (Å²) in [7, 11) is 0. The van der Waals surface area contributed by atoms with Crippen molar-refractivity contribution in [1.82, 2.24) is 14.7 Å². The molecule has 4 heterocycles. The highest BCUT2D eigenvalue weighted by Crippen LogP contribution is 2.46. The molecule has 6 heteroatoms. The normalized spacial score (nSPS) is 24.0. The Kier molecular flexibility index (Phi) is 4.10. The number of fused-ring (bicyclic) bond motifs is 3. The minimum absolute atomic E-state index is 0.0153. The van der Waals surface area contributed by atoms with E-state index in [-0.39, 0.29) is 11.4 Å². The fourth-order valence-corrected chi connectivity index (χ4v) is 4.24. The fraction of sp³-hybridized carbons (Fsp3) is 0.381. The number of ether oxygens (including phenoxy) is 2. The molecule has 1 N–H and O–H groups in total. The molecule has 3 fully saturated rings. The van der Waals surface area contributed by atoms with Gasteiger partial charge in [0.2, 0.25) is 5.88 Å². The van der Waals surface area contributed by atoms with Gasteiger partial charge in [-0.15, -0.1) is 0 Å². The molecule has 2 saturated heterocycles. The van der Waals surface area contributed by atoms with E-state index in [1.54, 1.807) is 12.1 Å². The summed E-state index contributed by atoms with van der Waals surface area (Å²) in [6.07, 6.45) is 5.49. The van der Waals surface area contributed by atoms with E-state index in [9.17, 15) is 4.39 Å². The molecule has 1 aliphatic carbocycles.